The maximum absolute atomic E-state index is 11.9. The topological polar surface area (TPSA) is 26.3 Å². The number of esters is 1. The highest BCUT2D eigenvalue weighted by Crippen LogP contribution is 2.19. The summed E-state index contributed by atoms with van der Waals surface area (Å²) in [7, 11) is 0. The van der Waals surface area contributed by atoms with Crippen LogP contribution in [-0.4, -0.2) is 17.9 Å². The highest BCUT2D eigenvalue weighted by molar-refractivity contribution is 9.09. The predicted octanol–water partition coefficient (Wildman–Crippen LogP) is 8.36. The van der Waals surface area contributed by atoms with Gasteiger partial charge in [0.25, 0.3) is 0 Å². The summed E-state index contributed by atoms with van der Waals surface area (Å²) in [5, 5.41) is 1.08. The molecule has 0 saturated heterocycles. The molecule has 0 aliphatic heterocycles. The number of carbonyl (C=O) groups excluding carboxylic acids is 1. The summed E-state index contributed by atoms with van der Waals surface area (Å²) in [4.78, 5) is 11.9. The van der Waals surface area contributed by atoms with Crippen molar-refractivity contribution >= 4 is 21.9 Å². The monoisotopic (exact) mass is 480 g/mol. The SMILES string of the molecule is CCCCCc1ccc(CCCOC(=O)CCCCCCCBr)cc1CCCCC. The summed E-state index contributed by atoms with van der Waals surface area (Å²) in [6, 6.07) is 7.07. The summed E-state index contributed by atoms with van der Waals surface area (Å²) in [6.45, 7) is 5.08. The van der Waals surface area contributed by atoms with Crippen LogP contribution >= 0.6 is 15.9 Å². The quantitative estimate of drug-likeness (QED) is 0.113. The Kier molecular flexibility index (Phi) is 17.1. The number of benzene rings is 1. The highest BCUT2D eigenvalue weighted by atomic mass is 79.9. The first kappa shape index (κ1) is 27.2. The fourth-order valence-corrected chi connectivity index (χ4v) is 4.27. The lowest BCUT2D eigenvalue weighted by molar-refractivity contribution is -0.143. The minimum Gasteiger partial charge on any atom is -0.466 e. The second-order valence-electron chi connectivity index (χ2n) is 8.55. The van der Waals surface area contributed by atoms with Crippen molar-refractivity contribution in [3.05, 3.63) is 34.9 Å². The molecule has 1 rings (SSSR count). The molecule has 0 fully saturated rings. The molecule has 0 heterocycles. The zero-order chi connectivity index (χ0) is 21.9. The van der Waals surface area contributed by atoms with Gasteiger partial charge in [-0.15, -0.1) is 0 Å². The van der Waals surface area contributed by atoms with Crippen LogP contribution in [0.5, 0.6) is 0 Å². The van der Waals surface area contributed by atoms with Crippen LogP contribution in [-0.2, 0) is 28.8 Å². The first-order valence-electron chi connectivity index (χ1n) is 12.5. The largest absolute Gasteiger partial charge is 0.466 e. The Morgan fingerprint density at radius 2 is 1.43 bits per heavy atom. The lowest BCUT2D eigenvalue weighted by Gasteiger charge is -2.12. The Labute approximate surface area is 194 Å². The van der Waals surface area contributed by atoms with E-state index >= 15 is 0 Å². The van der Waals surface area contributed by atoms with Gasteiger partial charge in [-0.1, -0.05) is 92.9 Å². The molecular weight excluding hydrogens is 436 g/mol. The zero-order valence-electron chi connectivity index (χ0n) is 19.7. The predicted molar refractivity (Wildman–Crippen MR) is 134 cm³/mol. The van der Waals surface area contributed by atoms with Crippen LogP contribution in [0.15, 0.2) is 18.2 Å². The van der Waals surface area contributed by atoms with Crippen molar-refractivity contribution < 1.29 is 9.53 Å². The molecule has 0 saturated carbocycles. The summed E-state index contributed by atoms with van der Waals surface area (Å²) in [5.41, 5.74) is 4.49. The average molecular weight is 482 g/mol. The van der Waals surface area contributed by atoms with Crippen LogP contribution in [0, 0.1) is 0 Å². The smallest absolute Gasteiger partial charge is 0.305 e. The van der Waals surface area contributed by atoms with Crippen molar-refractivity contribution in [2.24, 2.45) is 0 Å². The van der Waals surface area contributed by atoms with Crippen LogP contribution in [0.1, 0.15) is 114 Å². The molecule has 0 aliphatic rings. The molecule has 1 aromatic carbocycles. The third-order valence-electron chi connectivity index (χ3n) is 5.76. The first-order valence-corrected chi connectivity index (χ1v) is 13.7. The number of halogens is 1. The number of ether oxygens (including phenoxy) is 1. The molecular formula is C27H45BrO2. The van der Waals surface area contributed by atoms with E-state index in [1.165, 1.54) is 76.2 Å². The molecule has 0 unspecified atom stereocenters. The van der Waals surface area contributed by atoms with E-state index in [1.54, 1.807) is 11.1 Å². The van der Waals surface area contributed by atoms with Crippen LogP contribution in [0.4, 0.5) is 0 Å². The van der Waals surface area contributed by atoms with E-state index in [4.69, 9.17) is 4.74 Å². The number of aryl methyl sites for hydroxylation is 3. The first-order chi connectivity index (χ1) is 14.7. The summed E-state index contributed by atoms with van der Waals surface area (Å²) in [6.07, 6.45) is 18.4. The van der Waals surface area contributed by atoms with Gasteiger partial charge in [0.05, 0.1) is 6.61 Å². The van der Waals surface area contributed by atoms with Crippen molar-refractivity contribution in [1.82, 2.24) is 0 Å². The van der Waals surface area contributed by atoms with Crippen molar-refractivity contribution in [2.75, 3.05) is 11.9 Å². The molecule has 0 atom stereocenters. The van der Waals surface area contributed by atoms with E-state index in [0.29, 0.717) is 13.0 Å². The lowest BCUT2D eigenvalue weighted by atomic mass is 9.94. The van der Waals surface area contributed by atoms with Crippen LogP contribution in [0.2, 0.25) is 0 Å². The molecule has 0 bridgehead atoms. The Morgan fingerprint density at radius 3 is 2.13 bits per heavy atom. The molecule has 0 radical (unpaired) electrons. The van der Waals surface area contributed by atoms with Gasteiger partial charge in [0.1, 0.15) is 0 Å². The van der Waals surface area contributed by atoms with Gasteiger partial charge in [0.15, 0.2) is 0 Å². The van der Waals surface area contributed by atoms with Crippen LogP contribution < -0.4 is 0 Å². The standard InChI is InChI=1S/C27H45BrO2/c1-3-5-10-16-25-20-19-24(23-26(25)17-11-6-4-2)15-14-22-30-27(29)18-12-8-7-9-13-21-28/h19-20,23H,3-18,21-22H2,1-2H3. The molecule has 0 N–H and O–H groups in total. The number of alkyl halides is 1. The van der Waals surface area contributed by atoms with Crippen LogP contribution in [0.3, 0.4) is 0 Å². The van der Waals surface area contributed by atoms with Gasteiger partial charge in [-0.05, 0) is 68.1 Å². The van der Waals surface area contributed by atoms with Gasteiger partial charge in [-0.25, -0.2) is 0 Å². The Balaban J connectivity index is 2.34. The third kappa shape index (κ3) is 13.5. The Bertz CT molecular complexity index is 556. The second-order valence-corrected chi connectivity index (χ2v) is 9.34. The number of carbonyl (C=O) groups is 1. The Hall–Kier alpha value is -0.830. The van der Waals surface area contributed by atoms with E-state index in [0.717, 1.165) is 31.0 Å². The Morgan fingerprint density at radius 1 is 0.767 bits per heavy atom. The second kappa shape index (κ2) is 18.9. The number of hydrogen-bond acceptors (Lipinski definition) is 2. The van der Waals surface area contributed by atoms with Crippen molar-refractivity contribution in [3.63, 3.8) is 0 Å². The number of unbranched alkanes of at least 4 members (excludes halogenated alkanes) is 8. The van der Waals surface area contributed by atoms with Crippen LogP contribution in [0.25, 0.3) is 0 Å². The molecule has 3 heteroatoms. The molecule has 0 aliphatic carbocycles. The van der Waals surface area contributed by atoms with Crippen molar-refractivity contribution in [1.29, 1.82) is 0 Å². The van der Waals surface area contributed by atoms with E-state index in [2.05, 4.69) is 48.0 Å². The van der Waals surface area contributed by atoms with Gasteiger partial charge in [-0.2, -0.15) is 0 Å². The molecule has 0 spiro atoms. The average Bonchev–Trinajstić information content (AvgIpc) is 2.75. The van der Waals surface area contributed by atoms with Gasteiger partial charge in [-0.3, -0.25) is 4.79 Å². The van der Waals surface area contributed by atoms with Gasteiger partial charge >= 0.3 is 5.97 Å². The molecule has 172 valence electrons. The number of hydrogen-bond donors (Lipinski definition) is 0. The minimum absolute atomic E-state index is 0.0259. The molecule has 0 aromatic heterocycles. The molecule has 2 nitrogen and oxygen atoms in total. The number of rotatable bonds is 19. The van der Waals surface area contributed by atoms with E-state index in [1.807, 2.05) is 0 Å². The summed E-state index contributed by atoms with van der Waals surface area (Å²) >= 11 is 3.45. The lowest BCUT2D eigenvalue weighted by Crippen LogP contribution is -2.06. The molecule has 1 aromatic rings. The van der Waals surface area contributed by atoms with E-state index < -0.39 is 0 Å². The van der Waals surface area contributed by atoms with Crippen molar-refractivity contribution in [2.45, 2.75) is 117 Å². The minimum atomic E-state index is -0.0259. The van der Waals surface area contributed by atoms with Crippen molar-refractivity contribution in [3.8, 4) is 0 Å². The highest BCUT2D eigenvalue weighted by Gasteiger charge is 2.06. The van der Waals surface area contributed by atoms with Gasteiger partial charge in [0.2, 0.25) is 0 Å². The molecule has 0 amide bonds. The normalized spacial score (nSPS) is 11.0. The third-order valence-corrected chi connectivity index (χ3v) is 6.32. The summed E-state index contributed by atoms with van der Waals surface area (Å²) < 4.78 is 5.44. The van der Waals surface area contributed by atoms with E-state index in [9.17, 15) is 4.79 Å². The van der Waals surface area contributed by atoms with Gasteiger partial charge in [0, 0.05) is 11.8 Å². The summed E-state index contributed by atoms with van der Waals surface area (Å²) in [5.74, 6) is -0.0259. The maximum atomic E-state index is 11.9. The maximum Gasteiger partial charge on any atom is 0.305 e. The zero-order valence-corrected chi connectivity index (χ0v) is 21.2. The fraction of sp³-hybridized carbons (Fsp3) is 0.741. The fourth-order valence-electron chi connectivity index (χ4n) is 3.87. The molecule has 30 heavy (non-hydrogen) atoms. The van der Waals surface area contributed by atoms with Gasteiger partial charge < -0.3 is 4.74 Å². The van der Waals surface area contributed by atoms with E-state index in [-0.39, 0.29) is 5.97 Å².